The number of carbonyl (C=O) groups is 1. The molecule has 82 valence electrons. The van der Waals surface area contributed by atoms with Crippen molar-refractivity contribution >= 4 is 5.97 Å². The lowest BCUT2D eigenvalue weighted by Crippen LogP contribution is -2.45. The Morgan fingerprint density at radius 2 is 2.00 bits per heavy atom. The van der Waals surface area contributed by atoms with E-state index in [9.17, 15) is 4.79 Å². The standard InChI is InChI=1S/C11H21NO2/c1-11(2,3)14-10(13)9-7-5-6-8-12(9)4/h9H,5-8H2,1-4H3/t9-/m1/s1. The van der Waals surface area contributed by atoms with E-state index in [1.54, 1.807) is 0 Å². The van der Waals surface area contributed by atoms with E-state index in [0.29, 0.717) is 0 Å². The molecule has 0 aliphatic carbocycles. The van der Waals surface area contributed by atoms with Crippen LogP contribution in [0.4, 0.5) is 0 Å². The van der Waals surface area contributed by atoms with Crippen molar-refractivity contribution < 1.29 is 9.53 Å². The Kier molecular flexibility index (Phi) is 3.53. The Morgan fingerprint density at radius 3 is 2.50 bits per heavy atom. The topological polar surface area (TPSA) is 29.5 Å². The Balaban J connectivity index is 2.50. The molecule has 1 aliphatic rings. The number of likely N-dealkylation sites (N-methyl/N-ethyl adjacent to an activating group) is 1. The first kappa shape index (κ1) is 11.5. The van der Waals surface area contributed by atoms with Crippen molar-refractivity contribution in [3.8, 4) is 0 Å². The molecule has 0 radical (unpaired) electrons. The summed E-state index contributed by atoms with van der Waals surface area (Å²) in [7, 11) is 1.99. The van der Waals surface area contributed by atoms with Crippen LogP contribution in [0.25, 0.3) is 0 Å². The van der Waals surface area contributed by atoms with Gasteiger partial charge in [-0.05, 0) is 47.2 Å². The van der Waals surface area contributed by atoms with Crippen LogP contribution in [0.1, 0.15) is 40.0 Å². The Labute approximate surface area is 86.4 Å². The van der Waals surface area contributed by atoms with Crippen molar-refractivity contribution in [3.63, 3.8) is 0 Å². The SMILES string of the molecule is CN1CCCC[C@@H]1C(=O)OC(C)(C)C. The van der Waals surface area contributed by atoms with Crippen LogP contribution in [0.2, 0.25) is 0 Å². The van der Waals surface area contributed by atoms with Gasteiger partial charge in [0, 0.05) is 0 Å². The number of hydrogen-bond donors (Lipinski definition) is 0. The van der Waals surface area contributed by atoms with E-state index in [-0.39, 0.29) is 17.6 Å². The fourth-order valence-electron chi connectivity index (χ4n) is 1.74. The minimum absolute atomic E-state index is 0.0250. The molecule has 0 aromatic carbocycles. The van der Waals surface area contributed by atoms with Crippen LogP contribution in [-0.2, 0) is 9.53 Å². The van der Waals surface area contributed by atoms with E-state index in [1.807, 2.05) is 27.8 Å². The van der Waals surface area contributed by atoms with E-state index in [4.69, 9.17) is 4.74 Å². The summed E-state index contributed by atoms with van der Waals surface area (Å²) in [4.78, 5) is 13.9. The van der Waals surface area contributed by atoms with Gasteiger partial charge >= 0.3 is 5.97 Å². The molecule has 1 atom stereocenters. The number of piperidine rings is 1. The largest absolute Gasteiger partial charge is 0.459 e. The molecular formula is C11H21NO2. The third-order valence-corrected chi connectivity index (χ3v) is 2.45. The van der Waals surface area contributed by atoms with Crippen LogP contribution in [0.15, 0.2) is 0 Å². The lowest BCUT2D eigenvalue weighted by atomic mass is 10.0. The summed E-state index contributed by atoms with van der Waals surface area (Å²) in [5.74, 6) is -0.0697. The number of ether oxygens (including phenoxy) is 1. The molecule has 3 heteroatoms. The summed E-state index contributed by atoms with van der Waals surface area (Å²) in [6, 6.07) is -0.0250. The summed E-state index contributed by atoms with van der Waals surface area (Å²) >= 11 is 0. The molecule has 0 unspecified atom stereocenters. The van der Waals surface area contributed by atoms with Crippen molar-refractivity contribution in [3.05, 3.63) is 0 Å². The molecule has 0 spiro atoms. The molecular weight excluding hydrogens is 178 g/mol. The van der Waals surface area contributed by atoms with Gasteiger partial charge in [0.15, 0.2) is 0 Å². The molecule has 0 bridgehead atoms. The van der Waals surface area contributed by atoms with Gasteiger partial charge in [-0.3, -0.25) is 9.69 Å². The molecule has 1 heterocycles. The molecule has 0 N–H and O–H groups in total. The van der Waals surface area contributed by atoms with E-state index in [2.05, 4.69) is 4.90 Å². The van der Waals surface area contributed by atoms with Crippen molar-refractivity contribution in [1.82, 2.24) is 4.90 Å². The second kappa shape index (κ2) is 4.30. The third-order valence-electron chi connectivity index (χ3n) is 2.45. The molecule has 14 heavy (non-hydrogen) atoms. The maximum atomic E-state index is 11.8. The van der Waals surface area contributed by atoms with Crippen LogP contribution in [0.3, 0.4) is 0 Å². The average Bonchev–Trinajstić information content (AvgIpc) is 2.01. The van der Waals surface area contributed by atoms with Gasteiger partial charge in [0.05, 0.1) is 0 Å². The summed E-state index contributed by atoms with van der Waals surface area (Å²) in [5, 5.41) is 0. The van der Waals surface area contributed by atoms with Gasteiger partial charge in [-0.15, -0.1) is 0 Å². The minimum Gasteiger partial charge on any atom is -0.459 e. The van der Waals surface area contributed by atoms with Gasteiger partial charge in [0.1, 0.15) is 11.6 Å². The molecule has 1 fully saturated rings. The molecule has 0 aromatic heterocycles. The first-order valence-corrected chi connectivity index (χ1v) is 5.33. The normalized spacial score (nSPS) is 24.7. The van der Waals surface area contributed by atoms with E-state index >= 15 is 0 Å². The Hall–Kier alpha value is -0.570. The number of rotatable bonds is 1. The first-order chi connectivity index (χ1) is 6.40. The molecule has 1 saturated heterocycles. The lowest BCUT2D eigenvalue weighted by Gasteiger charge is -2.32. The number of nitrogens with zero attached hydrogens (tertiary/aromatic N) is 1. The van der Waals surface area contributed by atoms with Crippen LogP contribution in [0, 0.1) is 0 Å². The molecule has 1 rings (SSSR count). The second-order valence-electron chi connectivity index (χ2n) is 5.03. The zero-order valence-corrected chi connectivity index (χ0v) is 9.67. The van der Waals surface area contributed by atoms with Crippen molar-refractivity contribution in [2.45, 2.75) is 51.7 Å². The van der Waals surface area contributed by atoms with Crippen molar-refractivity contribution in [2.24, 2.45) is 0 Å². The quantitative estimate of drug-likeness (QED) is 0.603. The highest BCUT2D eigenvalue weighted by molar-refractivity contribution is 5.76. The summed E-state index contributed by atoms with van der Waals surface area (Å²) in [5.41, 5.74) is -0.366. The van der Waals surface area contributed by atoms with Gasteiger partial charge in [-0.25, -0.2) is 0 Å². The summed E-state index contributed by atoms with van der Waals surface area (Å²) in [6.07, 6.45) is 3.26. The molecule has 0 saturated carbocycles. The lowest BCUT2D eigenvalue weighted by molar-refractivity contribution is -0.162. The molecule has 0 amide bonds. The fraction of sp³-hybridized carbons (Fsp3) is 0.909. The molecule has 1 aliphatic heterocycles. The van der Waals surface area contributed by atoms with E-state index < -0.39 is 0 Å². The second-order valence-corrected chi connectivity index (χ2v) is 5.03. The highest BCUT2D eigenvalue weighted by Crippen LogP contribution is 2.18. The molecule has 0 aromatic rings. The van der Waals surface area contributed by atoms with Crippen molar-refractivity contribution in [1.29, 1.82) is 0 Å². The highest BCUT2D eigenvalue weighted by atomic mass is 16.6. The number of esters is 1. The zero-order chi connectivity index (χ0) is 10.8. The first-order valence-electron chi connectivity index (χ1n) is 5.33. The fourth-order valence-corrected chi connectivity index (χ4v) is 1.74. The van der Waals surface area contributed by atoms with Gasteiger partial charge in [-0.2, -0.15) is 0 Å². The van der Waals surface area contributed by atoms with Crippen LogP contribution in [-0.4, -0.2) is 36.1 Å². The number of hydrogen-bond acceptors (Lipinski definition) is 3. The van der Waals surface area contributed by atoms with Crippen LogP contribution >= 0.6 is 0 Å². The minimum atomic E-state index is -0.366. The zero-order valence-electron chi connectivity index (χ0n) is 9.67. The predicted octanol–water partition coefficient (Wildman–Crippen LogP) is 1.81. The maximum Gasteiger partial charge on any atom is 0.323 e. The van der Waals surface area contributed by atoms with E-state index in [0.717, 1.165) is 19.4 Å². The smallest absolute Gasteiger partial charge is 0.323 e. The summed E-state index contributed by atoms with van der Waals surface area (Å²) < 4.78 is 5.37. The van der Waals surface area contributed by atoms with Gasteiger partial charge in [0.2, 0.25) is 0 Å². The Bertz CT molecular complexity index is 208. The Morgan fingerprint density at radius 1 is 1.36 bits per heavy atom. The van der Waals surface area contributed by atoms with Gasteiger partial charge in [0.25, 0.3) is 0 Å². The third kappa shape index (κ3) is 3.29. The van der Waals surface area contributed by atoms with Gasteiger partial charge in [-0.1, -0.05) is 6.42 Å². The summed E-state index contributed by atoms with van der Waals surface area (Å²) in [6.45, 7) is 6.74. The maximum absolute atomic E-state index is 11.8. The van der Waals surface area contributed by atoms with Gasteiger partial charge < -0.3 is 4.74 Å². The average molecular weight is 199 g/mol. The number of carbonyl (C=O) groups excluding carboxylic acids is 1. The van der Waals surface area contributed by atoms with Crippen LogP contribution in [0.5, 0.6) is 0 Å². The molecule has 3 nitrogen and oxygen atoms in total. The predicted molar refractivity (Wildman–Crippen MR) is 56.1 cm³/mol. The van der Waals surface area contributed by atoms with Crippen molar-refractivity contribution in [2.75, 3.05) is 13.6 Å². The monoisotopic (exact) mass is 199 g/mol. The van der Waals surface area contributed by atoms with E-state index in [1.165, 1.54) is 6.42 Å². The number of likely N-dealkylation sites (tertiary alicyclic amines) is 1. The van der Waals surface area contributed by atoms with Crippen LogP contribution < -0.4 is 0 Å². The highest BCUT2D eigenvalue weighted by Gasteiger charge is 2.29.